The third-order valence-electron chi connectivity index (χ3n) is 6.37. The van der Waals surface area contributed by atoms with E-state index in [0.717, 1.165) is 7.11 Å². The molecule has 11 heteroatoms. The lowest BCUT2D eigenvalue weighted by molar-refractivity contribution is -0.144. The van der Waals surface area contributed by atoms with E-state index in [1.807, 2.05) is 0 Å². The molecular formula is C21H20N2O9. The fraction of sp³-hybridized carbons (Fsp3) is 0.333. The molecule has 7 N–H and O–H groups in total. The molecule has 0 bridgehead atoms. The van der Waals surface area contributed by atoms with Gasteiger partial charge in [-0.05, 0) is 36.5 Å². The number of aromatic hydroxyl groups is 1. The van der Waals surface area contributed by atoms with Gasteiger partial charge in [0.2, 0.25) is 5.78 Å². The van der Waals surface area contributed by atoms with Crippen LogP contribution in [0.3, 0.4) is 0 Å². The number of anilines is 1. The van der Waals surface area contributed by atoms with Gasteiger partial charge in [0.1, 0.15) is 22.8 Å². The number of aliphatic hydroxyl groups is 3. The van der Waals surface area contributed by atoms with E-state index in [1.165, 1.54) is 12.1 Å². The maximum Gasteiger partial charge on any atom is 0.411 e. The Morgan fingerprint density at radius 2 is 1.88 bits per heavy atom. The molecule has 168 valence electrons. The maximum atomic E-state index is 13.3. The van der Waals surface area contributed by atoms with Crippen LogP contribution in [0.15, 0.2) is 34.8 Å². The van der Waals surface area contributed by atoms with Crippen LogP contribution in [0.25, 0.3) is 0 Å². The van der Waals surface area contributed by atoms with Crippen LogP contribution in [-0.2, 0) is 20.7 Å². The van der Waals surface area contributed by atoms with E-state index in [-0.39, 0.29) is 36.1 Å². The summed E-state index contributed by atoms with van der Waals surface area (Å²) < 4.78 is 4.57. The number of ether oxygens (including phenoxy) is 1. The number of amides is 2. The second kappa shape index (κ2) is 7.09. The Balaban J connectivity index is 1.87. The van der Waals surface area contributed by atoms with Gasteiger partial charge in [-0.2, -0.15) is 0 Å². The molecule has 0 spiro atoms. The molecule has 2 amide bonds. The maximum absolute atomic E-state index is 13.3. The highest BCUT2D eigenvalue weighted by atomic mass is 16.5. The van der Waals surface area contributed by atoms with Crippen molar-refractivity contribution in [3.8, 4) is 5.75 Å². The van der Waals surface area contributed by atoms with Crippen LogP contribution in [0.5, 0.6) is 5.75 Å². The highest BCUT2D eigenvalue weighted by Crippen LogP contribution is 2.52. The van der Waals surface area contributed by atoms with Crippen molar-refractivity contribution < 1.29 is 44.3 Å². The average Bonchev–Trinajstić information content (AvgIpc) is 2.72. The smallest absolute Gasteiger partial charge is 0.411 e. The van der Waals surface area contributed by atoms with Crippen molar-refractivity contribution in [1.29, 1.82) is 0 Å². The summed E-state index contributed by atoms with van der Waals surface area (Å²) in [7, 11) is 1.16. The molecule has 0 radical (unpaired) electrons. The molecular weight excluding hydrogens is 424 g/mol. The number of aliphatic hydroxyl groups excluding tert-OH is 2. The van der Waals surface area contributed by atoms with Crippen LogP contribution in [0.4, 0.5) is 10.5 Å². The minimum absolute atomic E-state index is 0.00373. The van der Waals surface area contributed by atoms with Gasteiger partial charge in [-0.25, -0.2) is 4.79 Å². The van der Waals surface area contributed by atoms with Gasteiger partial charge < -0.3 is 30.9 Å². The number of hydrogen-bond donors (Lipinski definition) is 6. The van der Waals surface area contributed by atoms with E-state index in [2.05, 4.69) is 10.1 Å². The summed E-state index contributed by atoms with van der Waals surface area (Å²) in [5.41, 5.74) is 1.75. The zero-order valence-electron chi connectivity index (χ0n) is 16.8. The van der Waals surface area contributed by atoms with E-state index in [0.29, 0.717) is 5.56 Å². The third kappa shape index (κ3) is 2.78. The lowest BCUT2D eigenvalue weighted by atomic mass is 9.60. The SMILES string of the molecule is COC(=O)Nc1ccc(O)c2c1CC1CC3CC(O)=C(C(N)=O)C(=O)[C@@]3(O)C(O)=C1C2=O. The highest BCUT2D eigenvalue weighted by Gasteiger charge is 2.59. The van der Waals surface area contributed by atoms with Crippen molar-refractivity contribution >= 4 is 29.3 Å². The first-order valence-electron chi connectivity index (χ1n) is 9.69. The number of allylic oxidation sites excluding steroid dienone is 2. The molecule has 0 saturated heterocycles. The van der Waals surface area contributed by atoms with Gasteiger partial charge in [0.15, 0.2) is 11.4 Å². The number of rotatable bonds is 2. The zero-order chi connectivity index (χ0) is 23.5. The van der Waals surface area contributed by atoms with Gasteiger partial charge in [0.05, 0.1) is 12.7 Å². The largest absolute Gasteiger partial charge is 0.511 e. The quantitative estimate of drug-likeness (QED) is 0.282. The van der Waals surface area contributed by atoms with Gasteiger partial charge in [-0.1, -0.05) is 0 Å². The van der Waals surface area contributed by atoms with Crippen LogP contribution in [0.1, 0.15) is 28.8 Å². The Labute approximate surface area is 180 Å². The zero-order valence-corrected chi connectivity index (χ0v) is 16.8. The first-order valence-corrected chi connectivity index (χ1v) is 9.69. The van der Waals surface area contributed by atoms with Crippen LogP contribution in [0, 0.1) is 11.8 Å². The fourth-order valence-corrected chi connectivity index (χ4v) is 4.90. The summed E-state index contributed by atoms with van der Waals surface area (Å²) in [5.74, 6) is -7.07. The molecule has 11 nitrogen and oxygen atoms in total. The van der Waals surface area contributed by atoms with Crippen molar-refractivity contribution in [2.75, 3.05) is 12.4 Å². The van der Waals surface area contributed by atoms with Gasteiger partial charge in [0.25, 0.3) is 5.91 Å². The molecule has 3 atom stereocenters. The number of carbonyl (C=O) groups excluding carboxylic acids is 4. The van der Waals surface area contributed by atoms with Crippen LogP contribution in [-0.4, -0.2) is 56.7 Å². The fourth-order valence-electron chi connectivity index (χ4n) is 4.90. The number of phenolic OH excluding ortho intramolecular Hbond substituents is 1. The summed E-state index contributed by atoms with van der Waals surface area (Å²) in [5, 5.41) is 45.0. The summed E-state index contributed by atoms with van der Waals surface area (Å²) in [4.78, 5) is 49.5. The standard InChI is InChI=1S/C21H20N2O9/c1-32-20(30)23-10-2-3-11(24)14-9(10)5-7-4-8-6-12(25)15(19(22)29)18(28)21(8,31)17(27)13(7)16(14)26/h2-3,7-8,24-25,27,31H,4-6H2,1H3,(H2,22,29)(H,23,30)/t7?,8?,21-/m0/s1. The number of ketones is 2. The first-order chi connectivity index (χ1) is 15.0. The number of phenols is 1. The highest BCUT2D eigenvalue weighted by molar-refractivity contribution is 6.24. The Kier molecular flexibility index (Phi) is 4.74. The number of benzene rings is 1. The molecule has 4 rings (SSSR count). The Bertz CT molecular complexity index is 1170. The van der Waals surface area contributed by atoms with Crippen molar-refractivity contribution in [3.05, 3.63) is 45.9 Å². The van der Waals surface area contributed by atoms with Crippen molar-refractivity contribution in [1.82, 2.24) is 0 Å². The molecule has 0 aliphatic heterocycles. The van der Waals surface area contributed by atoms with Crippen LogP contribution < -0.4 is 11.1 Å². The molecule has 0 fully saturated rings. The Morgan fingerprint density at radius 3 is 2.50 bits per heavy atom. The topological polar surface area (TPSA) is 196 Å². The number of fused-ring (bicyclic) bond motifs is 3. The Hall–Kier alpha value is -3.86. The Morgan fingerprint density at radius 1 is 1.19 bits per heavy atom. The van der Waals surface area contributed by atoms with Gasteiger partial charge in [0, 0.05) is 23.6 Å². The molecule has 32 heavy (non-hydrogen) atoms. The van der Waals surface area contributed by atoms with E-state index in [4.69, 9.17) is 5.73 Å². The number of primary amides is 1. The lowest BCUT2D eigenvalue weighted by Crippen LogP contribution is -2.57. The third-order valence-corrected chi connectivity index (χ3v) is 6.37. The number of nitrogens with two attached hydrogens (primary N) is 1. The minimum Gasteiger partial charge on any atom is -0.511 e. The van der Waals surface area contributed by atoms with Gasteiger partial charge >= 0.3 is 6.09 Å². The minimum atomic E-state index is -2.62. The second-order valence-corrected chi connectivity index (χ2v) is 8.01. The lowest BCUT2D eigenvalue weighted by Gasteiger charge is -2.45. The second-order valence-electron chi connectivity index (χ2n) is 8.01. The van der Waals surface area contributed by atoms with E-state index in [9.17, 15) is 39.6 Å². The average molecular weight is 444 g/mol. The number of carbonyl (C=O) groups is 4. The van der Waals surface area contributed by atoms with E-state index in [1.54, 1.807) is 0 Å². The summed E-state index contributed by atoms with van der Waals surface area (Å²) in [6, 6.07) is 2.57. The van der Waals surface area contributed by atoms with Crippen molar-refractivity contribution in [3.63, 3.8) is 0 Å². The molecule has 0 aromatic heterocycles. The number of Topliss-reactive ketones (excluding diaryl/α,β-unsaturated/α-hetero) is 2. The molecule has 1 aromatic rings. The number of nitrogens with one attached hydrogen (secondary N) is 1. The molecule has 0 saturated carbocycles. The van der Waals surface area contributed by atoms with Crippen molar-refractivity contribution in [2.24, 2.45) is 17.6 Å². The van der Waals surface area contributed by atoms with Crippen LogP contribution in [0.2, 0.25) is 0 Å². The molecule has 2 unspecified atom stereocenters. The summed E-state index contributed by atoms with van der Waals surface area (Å²) in [6.07, 6.45) is -1.04. The first kappa shape index (κ1) is 21.4. The summed E-state index contributed by atoms with van der Waals surface area (Å²) >= 11 is 0. The normalized spacial score (nSPS) is 26.8. The molecule has 1 aromatic carbocycles. The number of methoxy groups -OCH3 is 1. The molecule has 3 aliphatic carbocycles. The van der Waals surface area contributed by atoms with E-state index < -0.39 is 63.8 Å². The van der Waals surface area contributed by atoms with Gasteiger partial charge in [-0.3, -0.25) is 19.7 Å². The predicted octanol–water partition coefficient (Wildman–Crippen LogP) is 0.759. The predicted molar refractivity (Wildman–Crippen MR) is 107 cm³/mol. The molecule has 0 heterocycles. The molecule has 3 aliphatic rings. The van der Waals surface area contributed by atoms with Crippen molar-refractivity contribution in [2.45, 2.75) is 24.9 Å². The van der Waals surface area contributed by atoms with Crippen LogP contribution >= 0.6 is 0 Å². The monoisotopic (exact) mass is 444 g/mol. The van der Waals surface area contributed by atoms with Gasteiger partial charge in [-0.15, -0.1) is 0 Å². The number of hydrogen-bond acceptors (Lipinski definition) is 9. The van der Waals surface area contributed by atoms with E-state index >= 15 is 0 Å². The summed E-state index contributed by atoms with van der Waals surface area (Å²) in [6.45, 7) is 0.